The number of carbonyl (C=O) groups is 1. The number of terminal acetylenes is 1. The van der Waals surface area contributed by atoms with Gasteiger partial charge in [-0.05, 0) is 18.1 Å². The van der Waals surface area contributed by atoms with Crippen LogP contribution in [0.4, 0.5) is 5.69 Å². The largest absolute Gasteiger partial charge is 0.316 e. The Morgan fingerprint density at radius 3 is 2.27 bits per heavy atom. The number of sulfonamides is 1. The van der Waals surface area contributed by atoms with Crippen molar-refractivity contribution in [2.24, 2.45) is 0 Å². The Bertz CT molecular complexity index is 499. The molecule has 0 N–H and O–H groups in total. The topological polar surface area (TPSA) is 54.5 Å². The molecule has 15 heavy (non-hydrogen) atoms. The van der Waals surface area contributed by atoms with Crippen LogP contribution in [0.15, 0.2) is 30.3 Å². The molecule has 1 aromatic carbocycles. The van der Waals surface area contributed by atoms with Gasteiger partial charge in [-0.25, -0.2) is 8.42 Å². The van der Waals surface area contributed by atoms with Crippen LogP contribution in [-0.2, 0) is 14.8 Å². The Labute approximate surface area is 88.6 Å². The molecular weight excluding hydrogens is 214 g/mol. The summed E-state index contributed by atoms with van der Waals surface area (Å²) in [5.41, 5.74) is 0.239. The van der Waals surface area contributed by atoms with Crippen LogP contribution in [0.25, 0.3) is 0 Å². The van der Waals surface area contributed by atoms with E-state index in [9.17, 15) is 13.2 Å². The first-order valence-electron chi connectivity index (χ1n) is 4.02. The summed E-state index contributed by atoms with van der Waals surface area (Å²) in [6.45, 7) is 0. The lowest BCUT2D eigenvalue weighted by Gasteiger charge is -2.17. The first kappa shape index (κ1) is 11.3. The van der Waals surface area contributed by atoms with E-state index in [4.69, 9.17) is 6.42 Å². The number of hydrogen-bond donors (Lipinski definition) is 0. The number of hydrogen-bond acceptors (Lipinski definition) is 3. The Hall–Kier alpha value is -1.80. The van der Waals surface area contributed by atoms with Gasteiger partial charge >= 0.3 is 5.91 Å². The van der Waals surface area contributed by atoms with Gasteiger partial charge in [-0.3, -0.25) is 4.79 Å². The van der Waals surface area contributed by atoms with Gasteiger partial charge in [0.2, 0.25) is 10.0 Å². The average molecular weight is 223 g/mol. The van der Waals surface area contributed by atoms with E-state index in [2.05, 4.69) is 0 Å². The summed E-state index contributed by atoms with van der Waals surface area (Å²) in [6.07, 6.45) is 5.83. The van der Waals surface area contributed by atoms with Crippen molar-refractivity contribution in [3.05, 3.63) is 30.3 Å². The number of amides is 1. The average Bonchev–Trinajstić information content (AvgIpc) is 2.17. The third-order valence-corrected chi connectivity index (χ3v) is 2.67. The van der Waals surface area contributed by atoms with E-state index in [0.717, 1.165) is 6.26 Å². The molecule has 0 atom stereocenters. The number of rotatable bonds is 2. The summed E-state index contributed by atoms with van der Waals surface area (Å²) in [6, 6.07) is 7.95. The molecule has 78 valence electrons. The fraction of sp³-hybridized carbons (Fsp3) is 0.100. The number of carbonyl (C=O) groups excluding carboxylic acids is 1. The molecule has 0 bridgehead atoms. The van der Waals surface area contributed by atoms with Crippen LogP contribution < -0.4 is 4.31 Å². The zero-order valence-electron chi connectivity index (χ0n) is 8.04. The minimum absolute atomic E-state index is 0.239. The van der Waals surface area contributed by atoms with Crippen molar-refractivity contribution in [2.45, 2.75) is 0 Å². The predicted octanol–water partition coefficient (Wildman–Crippen LogP) is 0.612. The van der Waals surface area contributed by atoms with Crippen LogP contribution in [0.2, 0.25) is 0 Å². The summed E-state index contributed by atoms with van der Waals surface area (Å²) in [7, 11) is -3.69. The van der Waals surface area contributed by atoms with Gasteiger partial charge in [0.1, 0.15) is 0 Å². The van der Waals surface area contributed by atoms with Gasteiger partial charge in [0.05, 0.1) is 11.9 Å². The van der Waals surface area contributed by atoms with Gasteiger partial charge < -0.3 is 0 Å². The van der Waals surface area contributed by atoms with Crippen molar-refractivity contribution in [3.8, 4) is 12.3 Å². The Morgan fingerprint density at radius 1 is 1.33 bits per heavy atom. The third kappa shape index (κ3) is 2.58. The van der Waals surface area contributed by atoms with E-state index in [1.165, 1.54) is 12.1 Å². The van der Waals surface area contributed by atoms with Crippen LogP contribution in [-0.4, -0.2) is 20.6 Å². The number of benzene rings is 1. The molecule has 0 heterocycles. The molecule has 0 saturated heterocycles. The smallest absolute Gasteiger partial charge is 0.258 e. The van der Waals surface area contributed by atoms with Crippen LogP contribution in [0, 0.1) is 12.3 Å². The quantitative estimate of drug-likeness (QED) is 0.690. The molecule has 1 rings (SSSR count). The molecule has 0 aromatic heterocycles. The van der Waals surface area contributed by atoms with Crippen molar-refractivity contribution in [2.75, 3.05) is 10.6 Å². The molecule has 0 aliphatic carbocycles. The molecule has 0 spiro atoms. The molecule has 0 saturated carbocycles. The van der Waals surface area contributed by atoms with Crippen LogP contribution in [0.1, 0.15) is 0 Å². The number of anilines is 1. The lowest BCUT2D eigenvalue weighted by Crippen LogP contribution is -2.35. The summed E-state index contributed by atoms with van der Waals surface area (Å²) in [5, 5.41) is 0. The van der Waals surface area contributed by atoms with E-state index in [0.29, 0.717) is 4.31 Å². The standard InChI is InChI=1S/C10H9NO3S/c1-3-10(12)11(15(2,13)14)9-7-5-4-6-8-9/h1,4-8H,2H3. The van der Waals surface area contributed by atoms with Crippen molar-refractivity contribution >= 4 is 21.6 Å². The third-order valence-electron chi connectivity index (χ3n) is 1.63. The molecule has 0 aliphatic rings. The monoisotopic (exact) mass is 223 g/mol. The van der Waals surface area contributed by atoms with E-state index < -0.39 is 15.9 Å². The highest BCUT2D eigenvalue weighted by molar-refractivity contribution is 7.92. The minimum Gasteiger partial charge on any atom is -0.258 e. The summed E-state index contributed by atoms with van der Waals surface area (Å²) >= 11 is 0. The second-order valence-electron chi connectivity index (χ2n) is 2.81. The maximum Gasteiger partial charge on any atom is 0.316 e. The molecule has 0 aliphatic heterocycles. The molecule has 1 amide bonds. The zero-order chi connectivity index (χ0) is 11.5. The first-order chi connectivity index (χ1) is 6.96. The van der Waals surface area contributed by atoms with Crippen LogP contribution >= 0.6 is 0 Å². The minimum atomic E-state index is -3.69. The van der Waals surface area contributed by atoms with E-state index in [-0.39, 0.29) is 5.69 Å². The SMILES string of the molecule is C#CC(=O)N(c1ccccc1)S(C)(=O)=O. The summed E-state index contributed by atoms with van der Waals surface area (Å²) in [4.78, 5) is 11.3. The predicted molar refractivity (Wildman–Crippen MR) is 57.6 cm³/mol. The normalized spacial score (nSPS) is 10.4. The summed E-state index contributed by atoms with van der Waals surface area (Å²) in [5.74, 6) is 0.879. The second-order valence-corrected chi connectivity index (χ2v) is 4.64. The van der Waals surface area contributed by atoms with Crippen molar-refractivity contribution in [3.63, 3.8) is 0 Å². The lowest BCUT2D eigenvalue weighted by molar-refractivity contribution is -0.112. The van der Waals surface area contributed by atoms with Gasteiger partial charge in [0, 0.05) is 0 Å². The molecule has 1 aromatic rings. The molecule has 5 heteroatoms. The van der Waals surface area contributed by atoms with Gasteiger partial charge in [-0.1, -0.05) is 18.2 Å². The van der Waals surface area contributed by atoms with Crippen LogP contribution in [0.5, 0.6) is 0 Å². The lowest BCUT2D eigenvalue weighted by atomic mass is 10.3. The highest BCUT2D eigenvalue weighted by atomic mass is 32.2. The summed E-state index contributed by atoms with van der Waals surface area (Å²) < 4.78 is 23.3. The van der Waals surface area contributed by atoms with Crippen LogP contribution in [0.3, 0.4) is 0 Å². The van der Waals surface area contributed by atoms with E-state index in [1.54, 1.807) is 24.1 Å². The number of nitrogens with zero attached hydrogens (tertiary/aromatic N) is 1. The maximum absolute atomic E-state index is 11.3. The highest BCUT2D eigenvalue weighted by Crippen LogP contribution is 2.16. The molecule has 0 fully saturated rings. The molecule has 4 nitrogen and oxygen atoms in total. The second kappa shape index (κ2) is 4.15. The fourth-order valence-corrected chi connectivity index (χ4v) is 1.94. The van der Waals surface area contributed by atoms with Crippen molar-refractivity contribution < 1.29 is 13.2 Å². The van der Waals surface area contributed by atoms with Gasteiger partial charge in [-0.2, -0.15) is 4.31 Å². The Morgan fingerprint density at radius 2 is 1.87 bits per heavy atom. The van der Waals surface area contributed by atoms with Crippen molar-refractivity contribution in [1.82, 2.24) is 0 Å². The Balaban J connectivity index is 3.28. The van der Waals surface area contributed by atoms with Gasteiger partial charge in [-0.15, -0.1) is 6.42 Å². The first-order valence-corrected chi connectivity index (χ1v) is 5.87. The van der Waals surface area contributed by atoms with E-state index >= 15 is 0 Å². The Kier molecular flexibility index (Phi) is 3.12. The number of para-hydroxylation sites is 1. The van der Waals surface area contributed by atoms with E-state index in [1.807, 2.05) is 0 Å². The zero-order valence-corrected chi connectivity index (χ0v) is 8.86. The van der Waals surface area contributed by atoms with Crippen molar-refractivity contribution in [1.29, 1.82) is 0 Å². The molecular formula is C10H9NO3S. The fourth-order valence-electron chi connectivity index (χ4n) is 1.08. The maximum atomic E-state index is 11.3. The molecule has 0 radical (unpaired) electrons. The van der Waals surface area contributed by atoms with Gasteiger partial charge in [0.25, 0.3) is 0 Å². The molecule has 0 unspecified atom stereocenters. The highest BCUT2D eigenvalue weighted by Gasteiger charge is 2.23. The van der Waals surface area contributed by atoms with Gasteiger partial charge in [0.15, 0.2) is 0 Å².